The summed E-state index contributed by atoms with van der Waals surface area (Å²) in [5.41, 5.74) is 8.90. The van der Waals surface area contributed by atoms with Crippen molar-refractivity contribution in [2.75, 3.05) is 18.1 Å². The van der Waals surface area contributed by atoms with Crippen molar-refractivity contribution >= 4 is 34.7 Å². The molecule has 0 bridgehead atoms. The fourth-order valence-electron chi connectivity index (χ4n) is 1.55. The van der Waals surface area contributed by atoms with Crippen molar-refractivity contribution in [1.29, 1.82) is 0 Å². The fourth-order valence-corrected chi connectivity index (χ4v) is 2.08. The maximum Gasteiger partial charge on any atom is 0.106 e. The topological polar surface area (TPSA) is 38.0 Å². The van der Waals surface area contributed by atoms with Crippen LogP contribution in [0.3, 0.4) is 0 Å². The zero-order valence-corrected chi connectivity index (χ0v) is 12.3. The summed E-state index contributed by atoms with van der Waals surface area (Å²) >= 11 is 6.93. The molecule has 1 aromatic rings. The van der Waals surface area contributed by atoms with Crippen molar-refractivity contribution in [2.24, 2.45) is 5.73 Å². The highest BCUT2D eigenvalue weighted by Gasteiger charge is 2.05. The Bertz CT molecular complexity index is 391. The Morgan fingerprint density at radius 2 is 2.24 bits per heavy atom. The van der Waals surface area contributed by atoms with Gasteiger partial charge in [-0.05, 0) is 37.3 Å². The Balaban J connectivity index is 2.68. The first-order chi connectivity index (χ1) is 8.04. The number of hydrogen-bond acceptors (Lipinski definition) is 3. The van der Waals surface area contributed by atoms with Crippen LogP contribution in [0.15, 0.2) is 18.2 Å². The number of aryl methyl sites for hydroxylation is 1. The van der Waals surface area contributed by atoms with Gasteiger partial charge < -0.3 is 11.1 Å². The van der Waals surface area contributed by atoms with E-state index in [9.17, 15) is 0 Å². The number of anilines is 1. The lowest BCUT2D eigenvalue weighted by molar-refractivity contribution is 0.853. The molecular weight excluding hydrogens is 248 g/mol. The molecule has 0 radical (unpaired) electrons. The molecule has 0 saturated carbocycles. The van der Waals surface area contributed by atoms with Crippen molar-refractivity contribution < 1.29 is 0 Å². The lowest BCUT2D eigenvalue weighted by Gasteiger charge is -2.14. The van der Waals surface area contributed by atoms with E-state index in [1.807, 2.05) is 23.9 Å². The van der Waals surface area contributed by atoms with E-state index >= 15 is 0 Å². The second kappa shape index (κ2) is 6.87. The number of benzene rings is 1. The molecule has 1 aromatic carbocycles. The molecular formula is C13H20N2S2. The average molecular weight is 268 g/mol. The molecule has 2 nitrogen and oxygen atoms in total. The van der Waals surface area contributed by atoms with E-state index in [2.05, 4.69) is 31.5 Å². The van der Waals surface area contributed by atoms with Crippen LogP contribution in [0.25, 0.3) is 0 Å². The SMILES string of the molecule is CSC(C)CCNc1cc(C)ccc1C(N)=S. The van der Waals surface area contributed by atoms with Gasteiger partial charge in [0.15, 0.2) is 0 Å². The minimum atomic E-state index is 0.449. The Hall–Kier alpha value is -0.740. The molecule has 0 aliphatic rings. The quantitative estimate of drug-likeness (QED) is 0.777. The molecule has 1 rings (SSSR count). The summed E-state index contributed by atoms with van der Waals surface area (Å²) in [6, 6.07) is 6.11. The minimum absolute atomic E-state index is 0.449. The first-order valence-corrected chi connectivity index (χ1v) is 7.41. The number of thiocarbonyl (C=S) groups is 1. The molecule has 0 aliphatic carbocycles. The van der Waals surface area contributed by atoms with E-state index in [0.717, 1.165) is 24.2 Å². The predicted octanol–water partition coefficient (Wildman–Crippen LogP) is 3.18. The molecule has 0 heterocycles. The summed E-state index contributed by atoms with van der Waals surface area (Å²) in [6.07, 6.45) is 3.27. The molecule has 0 saturated heterocycles. The molecule has 0 fully saturated rings. The van der Waals surface area contributed by atoms with Crippen LogP contribution in [0.1, 0.15) is 24.5 Å². The highest BCUT2D eigenvalue weighted by atomic mass is 32.2. The van der Waals surface area contributed by atoms with Gasteiger partial charge in [0, 0.05) is 23.0 Å². The van der Waals surface area contributed by atoms with E-state index in [1.54, 1.807) is 0 Å². The smallest absolute Gasteiger partial charge is 0.106 e. The summed E-state index contributed by atoms with van der Waals surface area (Å²) in [7, 11) is 0. The van der Waals surface area contributed by atoms with E-state index in [-0.39, 0.29) is 0 Å². The second-order valence-corrected chi connectivity index (χ2v) is 5.89. The Kier molecular flexibility index (Phi) is 5.78. The van der Waals surface area contributed by atoms with Crippen molar-refractivity contribution in [3.8, 4) is 0 Å². The number of rotatable bonds is 6. The average Bonchev–Trinajstić information content (AvgIpc) is 2.28. The van der Waals surface area contributed by atoms with Gasteiger partial charge in [-0.2, -0.15) is 11.8 Å². The van der Waals surface area contributed by atoms with Crippen LogP contribution < -0.4 is 11.1 Å². The lowest BCUT2D eigenvalue weighted by Crippen LogP contribution is -2.15. The van der Waals surface area contributed by atoms with Gasteiger partial charge in [0.2, 0.25) is 0 Å². The summed E-state index contributed by atoms with van der Waals surface area (Å²) in [6.45, 7) is 5.25. The first kappa shape index (κ1) is 14.3. The zero-order valence-electron chi connectivity index (χ0n) is 10.6. The van der Waals surface area contributed by atoms with Crippen molar-refractivity contribution in [2.45, 2.75) is 25.5 Å². The summed E-state index contributed by atoms with van der Waals surface area (Å²) in [4.78, 5) is 0.449. The van der Waals surface area contributed by atoms with Crippen LogP contribution in [-0.2, 0) is 0 Å². The van der Waals surface area contributed by atoms with Gasteiger partial charge in [-0.3, -0.25) is 0 Å². The third kappa shape index (κ3) is 4.56. The van der Waals surface area contributed by atoms with Gasteiger partial charge in [-0.15, -0.1) is 0 Å². The second-order valence-electron chi connectivity index (χ2n) is 4.18. The van der Waals surface area contributed by atoms with Gasteiger partial charge >= 0.3 is 0 Å². The van der Waals surface area contributed by atoms with Crippen molar-refractivity contribution in [3.63, 3.8) is 0 Å². The first-order valence-electron chi connectivity index (χ1n) is 5.71. The molecule has 0 aliphatic heterocycles. The normalized spacial score (nSPS) is 12.2. The van der Waals surface area contributed by atoms with E-state index in [1.165, 1.54) is 5.56 Å². The van der Waals surface area contributed by atoms with E-state index < -0.39 is 0 Å². The van der Waals surface area contributed by atoms with Crippen LogP contribution in [-0.4, -0.2) is 23.0 Å². The van der Waals surface area contributed by atoms with E-state index in [4.69, 9.17) is 18.0 Å². The Morgan fingerprint density at radius 3 is 2.82 bits per heavy atom. The molecule has 1 atom stereocenters. The van der Waals surface area contributed by atoms with E-state index in [0.29, 0.717) is 10.2 Å². The number of nitrogens with one attached hydrogen (secondary N) is 1. The fraction of sp³-hybridized carbons (Fsp3) is 0.462. The lowest BCUT2D eigenvalue weighted by atomic mass is 10.1. The molecule has 0 amide bonds. The van der Waals surface area contributed by atoms with Crippen molar-refractivity contribution in [1.82, 2.24) is 0 Å². The third-order valence-electron chi connectivity index (χ3n) is 2.71. The number of nitrogens with two attached hydrogens (primary N) is 1. The molecule has 3 N–H and O–H groups in total. The number of hydrogen-bond donors (Lipinski definition) is 2. The summed E-state index contributed by atoms with van der Waals surface area (Å²) in [5.74, 6) is 0. The monoisotopic (exact) mass is 268 g/mol. The summed E-state index contributed by atoms with van der Waals surface area (Å²) in [5, 5.41) is 4.09. The van der Waals surface area contributed by atoms with Gasteiger partial charge in [-0.25, -0.2) is 0 Å². The van der Waals surface area contributed by atoms with Crippen LogP contribution in [0.2, 0.25) is 0 Å². The molecule has 17 heavy (non-hydrogen) atoms. The van der Waals surface area contributed by atoms with Gasteiger partial charge in [0.25, 0.3) is 0 Å². The zero-order chi connectivity index (χ0) is 12.8. The highest BCUT2D eigenvalue weighted by molar-refractivity contribution is 7.99. The third-order valence-corrected chi connectivity index (χ3v) is 3.97. The number of thioether (sulfide) groups is 1. The molecule has 4 heteroatoms. The predicted molar refractivity (Wildman–Crippen MR) is 83.2 cm³/mol. The maximum atomic E-state index is 5.71. The van der Waals surface area contributed by atoms with Crippen LogP contribution in [0.4, 0.5) is 5.69 Å². The van der Waals surface area contributed by atoms with Crippen LogP contribution in [0.5, 0.6) is 0 Å². The highest BCUT2D eigenvalue weighted by Crippen LogP contribution is 2.18. The van der Waals surface area contributed by atoms with Crippen LogP contribution >= 0.6 is 24.0 Å². The standard InChI is InChI=1S/C13H20N2S2/c1-9-4-5-11(13(14)16)12(8-9)15-7-6-10(2)17-3/h4-5,8,10,15H,6-7H2,1-3H3,(H2,14,16). The molecule has 0 aromatic heterocycles. The van der Waals surface area contributed by atoms with Gasteiger partial charge in [0.05, 0.1) is 0 Å². The van der Waals surface area contributed by atoms with Gasteiger partial charge in [0.1, 0.15) is 4.99 Å². The van der Waals surface area contributed by atoms with Crippen molar-refractivity contribution in [3.05, 3.63) is 29.3 Å². The van der Waals surface area contributed by atoms with Crippen LogP contribution in [0, 0.1) is 6.92 Å². The maximum absolute atomic E-state index is 5.71. The minimum Gasteiger partial charge on any atom is -0.389 e. The Morgan fingerprint density at radius 1 is 1.53 bits per heavy atom. The summed E-state index contributed by atoms with van der Waals surface area (Å²) < 4.78 is 0. The largest absolute Gasteiger partial charge is 0.389 e. The van der Waals surface area contributed by atoms with Gasteiger partial charge in [-0.1, -0.05) is 25.2 Å². The Labute approximate surface area is 113 Å². The molecule has 1 unspecified atom stereocenters. The molecule has 94 valence electrons. The molecule has 0 spiro atoms.